The van der Waals surface area contributed by atoms with Crippen LogP contribution in [0.5, 0.6) is 0 Å². The molecule has 0 amide bonds. The highest BCUT2D eigenvalue weighted by Gasteiger charge is 2.32. The van der Waals surface area contributed by atoms with Gasteiger partial charge in [0.2, 0.25) is 0 Å². The summed E-state index contributed by atoms with van der Waals surface area (Å²) in [6, 6.07) is 49.0. The third kappa shape index (κ3) is 11.0. The van der Waals surface area contributed by atoms with E-state index in [0.717, 1.165) is 110 Å². The Kier molecular flexibility index (Phi) is 14.3. The van der Waals surface area contributed by atoms with Crippen molar-refractivity contribution in [2.24, 2.45) is 0 Å². The molecule has 0 saturated carbocycles. The first-order chi connectivity index (χ1) is 51.2. The zero-order chi connectivity index (χ0) is 74.9. The maximum absolute atomic E-state index is 5.77. The van der Waals surface area contributed by atoms with Crippen LogP contribution in [0.2, 0.25) is 0 Å². The lowest BCUT2D eigenvalue weighted by atomic mass is 9.85. The number of benzene rings is 8. The molecular weight excluding hydrogens is 1330 g/mol. The molecule has 16 nitrogen and oxygen atoms in total. The molecule has 4 aliphatic heterocycles. The van der Waals surface area contributed by atoms with Crippen molar-refractivity contribution in [2.75, 3.05) is 0 Å². The van der Waals surface area contributed by atoms with Crippen molar-refractivity contribution in [3.63, 3.8) is 0 Å². The van der Waals surface area contributed by atoms with Crippen LogP contribution in [-0.4, -0.2) is 79.7 Å². The maximum atomic E-state index is 5.77. The van der Waals surface area contributed by atoms with E-state index in [0.29, 0.717) is 117 Å². The Labute approximate surface area is 627 Å². The monoisotopic (exact) mass is 1420 g/mol. The molecule has 8 aromatic carbocycles. The summed E-state index contributed by atoms with van der Waals surface area (Å²) in [5.74, 6) is 4.51. The van der Waals surface area contributed by atoms with E-state index in [4.69, 9.17) is 59.8 Å². The number of aromatic nitrogens is 16. The fraction of sp³-hybridized carbons (Fsp3) is 0.304. The number of fused-ring (bicyclic) bond motifs is 40. The minimum atomic E-state index is -0.171. The van der Waals surface area contributed by atoms with Crippen LogP contribution < -0.4 is 0 Å². The van der Waals surface area contributed by atoms with Gasteiger partial charge in [0.15, 0.2) is 46.6 Å². The molecule has 6 aromatic heterocycles. The standard InChI is InChI=1S/C92H88N16/c1-87(2,3)49-27-33-55-61(39-49)77-93-71(55)95-79-63-41-51(89(7,8)9)31-37-59(63)75(101-79)103-83-67-45-19-20-46-22-24-48(26-25-47(23-21-45)69(67)85(107-83)105-81-65-43-53(91(13,14)15)29-35-57(65)73(97-77)99-81)70-68(46)84-104-76-60-38-32-52(90(10,11)12)42-64(60)80(102-76)96-72-56-34-28-50(88(4,5)6)40-62(56)78(94-72)98-74-58-36-30-54(92(16,17)18)44-66(58)82(100-74)106-86(70)108-84/h21-24,27-44H,19-20,25-26H2,1-18H3,(H2,93,95,97,99,101,103,105,107)(H2,94,96,98,100,102,104,106,108). The average molecular weight is 1420 g/mol. The maximum Gasteiger partial charge on any atom is 0.164 e. The summed E-state index contributed by atoms with van der Waals surface area (Å²) in [5, 5.41) is 7.71. The first-order valence-electron chi connectivity index (χ1n) is 38.0. The van der Waals surface area contributed by atoms with Gasteiger partial charge in [-0.1, -0.05) is 222 Å². The second-order valence-electron chi connectivity index (χ2n) is 36.5. The minimum absolute atomic E-state index is 0.134. The lowest BCUT2D eigenvalue weighted by molar-refractivity contribution is 0.590. The molecule has 20 bridgehead atoms. The van der Waals surface area contributed by atoms with Crippen LogP contribution in [0, 0.1) is 0 Å². The number of aromatic amines is 4. The van der Waals surface area contributed by atoms with Gasteiger partial charge in [-0.05, 0) is 150 Å². The van der Waals surface area contributed by atoms with Crippen LogP contribution in [0.25, 0.3) is 179 Å². The zero-order valence-corrected chi connectivity index (χ0v) is 64.9. The van der Waals surface area contributed by atoms with E-state index >= 15 is 0 Å². The van der Waals surface area contributed by atoms with E-state index in [1.54, 1.807) is 0 Å². The molecule has 536 valence electrons. The second-order valence-corrected chi connectivity index (χ2v) is 36.5. The van der Waals surface area contributed by atoms with Crippen molar-refractivity contribution < 1.29 is 0 Å². The zero-order valence-electron chi connectivity index (χ0n) is 64.9. The van der Waals surface area contributed by atoms with Crippen molar-refractivity contribution >= 4 is 88.3 Å². The fourth-order valence-corrected chi connectivity index (χ4v) is 16.3. The van der Waals surface area contributed by atoms with E-state index in [1.165, 1.54) is 33.4 Å². The molecule has 10 heterocycles. The molecule has 0 unspecified atom stereocenters. The minimum Gasteiger partial charge on any atom is -0.324 e. The van der Waals surface area contributed by atoms with E-state index in [-0.39, 0.29) is 32.5 Å². The van der Waals surface area contributed by atoms with Crippen LogP contribution >= 0.6 is 0 Å². The Balaban J connectivity index is 0.891. The molecule has 14 aromatic rings. The molecule has 6 aliphatic rings. The largest absolute Gasteiger partial charge is 0.324 e. The molecule has 0 saturated heterocycles. The van der Waals surface area contributed by atoms with Gasteiger partial charge in [0.05, 0.1) is 0 Å². The summed E-state index contributed by atoms with van der Waals surface area (Å²) >= 11 is 0. The number of hydrogen-bond acceptors (Lipinski definition) is 12. The quantitative estimate of drug-likeness (QED) is 0.111. The molecule has 0 spiro atoms. The van der Waals surface area contributed by atoms with E-state index in [9.17, 15) is 0 Å². The number of hydrogen-bond donors (Lipinski definition) is 4. The molecule has 0 radical (unpaired) electrons. The van der Waals surface area contributed by atoms with Crippen molar-refractivity contribution in [3.8, 4) is 91.1 Å². The number of nitrogens with zero attached hydrogens (tertiary/aromatic N) is 12. The second kappa shape index (κ2) is 23.0. The van der Waals surface area contributed by atoms with Gasteiger partial charge in [0.1, 0.15) is 45.2 Å². The number of nitrogens with one attached hydrogen (secondary N) is 4. The third-order valence-electron chi connectivity index (χ3n) is 22.8. The van der Waals surface area contributed by atoms with E-state index < -0.39 is 0 Å². The number of H-pyrrole nitrogens is 4. The number of rotatable bonds is 0. The Morgan fingerprint density at radius 3 is 0.630 bits per heavy atom. The highest BCUT2D eigenvalue weighted by atomic mass is 15.1. The van der Waals surface area contributed by atoms with Gasteiger partial charge < -0.3 is 19.9 Å². The first-order valence-corrected chi connectivity index (χ1v) is 38.0. The van der Waals surface area contributed by atoms with Crippen molar-refractivity contribution in [1.29, 1.82) is 0 Å². The molecular formula is C92H88N16. The molecule has 0 atom stereocenters. The Bertz CT molecular complexity index is 6290. The highest BCUT2D eigenvalue weighted by Crippen LogP contribution is 2.46. The van der Waals surface area contributed by atoms with Gasteiger partial charge in [-0.15, -0.1) is 0 Å². The topological polar surface area (TPSA) is 218 Å². The first kappa shape index (κ1) is 67.1. The van der Waals surface area contributed by atoms with Crippen molar-refractivity contribution in [1.82, 2.24) is 79.7 Å². The summed E-state index contributed by atoms with van der Waals surface area (Å²) in [6.45, 7) is 40.4. The van der Waals surface area contributed by atoms with Crippen LogP contribution in [0.3, 0.4) is 0 Å². The summed E-state index contributed by atoms with van der Waals surface area (Å²) < 4.78 is 0. The molecule has 108 heavy (non-hydrogen) atoms. The summed E-state index contributed by atoms with van der Waals surface area (Å²) in [7, 11) is 0. The summed E-state index contributed by atoms with van der Waals surface area (Å²) in [5.41, 5.74) is 23.0. The molecule has 16 heteroatoms. The van der Waals surface area contributed by atoms with Gasteiger partial charge in [-0.2, -0.15) is 0 Å². The lowest BCUT2D eigenvalue weighted by Gasteiger charge is -2.19. The predicted octanol–water partition coefficient (Wildman–Crippen LogP) is 21.7. The van der Waals surface area contributed by atoms with Crippen LogP contribution in [0.4, 0.5) is 0 Å². The van der Waals surface area contributed by atoms with Crippen molar-refractivity contribution in [3.05, 3.63) is 189 Å². The van der Waals surface area contributed by atoms with Crippen LogP contribution in [-0.2, 0) is 58.2 Å². The molecule has 2 aliphatic carbocycles. The van der Waals surface area contributed by atoms with Crippen molar-refractivity contribution in [2.45, 2.75) is 183 Å². The van der Waals surface area contributed by atoms with Gasteiger partial charge in [-0.3, -0.25) is 0 Å². The Morgan fingerprint density at radius 1 is 0.194 bits per heavy atom. The smallest absolute Gasteiger partial charge is 0.164 e. The van der Waals surface area contributed by atoms with Crippen LogP contribution in [0.15, 0.2) is 133 Å². The summed E-state index contributed by atoms with van der Waals surface area (Å²) in [6.07, 6.45) is 2.48. The normalized spacial score (nSPS) is 13.9. The molecule has 20 rings (SSSR count). The Morgan fingerprint density at radius 2 is 0.389 bits per heavy atom. The summed E-state index contributed by atoms with van der Waals surface area (Å²) in [4.78, 5) is 82.3. The molecule has 4 N–H and O–H groups in total. The lowest BCUT2D eigenvalue weighted by Crippen LogP contribution is -2.10. The van der Waals surface area contributed by atoms with Gasteiger partial charge in [0, 0.05) is 87.6 Å². The van der Waals surface area contributed by atoms with E-state index in [2.05, 4.69) is 278 Å². The third-order valence-corrected chi connectivity index (χ3v) is 22.8. The fourth-order valence-electron chi connectivity index (χ4n) is 16.3. The average Bonchev–Trinajstić information content (AvgIpc) is 1.57. The van der Waals surface area contributed by atoms with E-state index in [1.807, 2.05) is 0 Å². The SMILES string of the molecule is CC(C)(C)c1ccc2c(c1)-c1nc-2nc2[nH]c(nc3nc(nc4[nH]c(n1)c1ccc(C(C)(C)C)cc41)-c1ccc(C(C)(C)C)cc1-3)c1c3ccc(c21)CCc1ccc(c2c4nc5nc(nc6[nH]c(nc7nc(nc([nH]4)c12)-c1ccc(C(C)(C)C)cc1-7)c1ccc(C(C)(C)C)cc61)-c1ccc(C(C)(C)C)cc1-5)CC3. The van der Waals surface area contributed by atoms with Gasteiger partial charge in [0.25, 0.3) is 0 Å². The Hall–Kier alpha value is -11.5. The van der Waals surface area contributed by atoms with Gasteiger partial charge >= 0.3 is 0 Å². The van der Waals surface area contributed by atoms with Gasteiger partial charge in [-0.25, -0.2) is 59.8 Å². The number of aryl methyl sites for hydroxylation is 4. The van der Waals surface area contributed by atoms with Crippen LogP contribution in [0.1, 0.15) is 180 Å². The predicted molar refractivity (Wildman–Crippen MR) is 439 cm³/mol. The highest BCUT2D eigenvalue weighted by molar-refractivity contribution is 6.12. The molecule has 0 fully saturated rings.